The highest BCUT2D eigenvalue weighted by atomic mass is 35.5. The van der Waals surface area contributed by atoms with Crippen molar-refractivity contribution >= 4 is 11.6 Å². The van der Waals surface area contributed by atoms with Gasteiger partial charge in [0, 0.05) is 18.0 Å². The lowest BCUT2D eigenvalue weighted by molar-refractivity contribution is -0.0513. The highest BCUT2D eigenvalue weighted by Crippen LogP contribution is 2.19. The molecule has 1 fully saturated rings. The minimum Gasteiger partial charge on any atom is -0.378 e. The van der Waals surface area contributed by atoms with E-state index in [0.717, 1.165) is 32.1 Å². The zero-order valence-corrected chi connectivity index (χ0v) is 10.1. The second kappa shape index (κ2) is 5.94. The summed E-state index contributed by atoms with van der Waals surface area (Å²) in [5.41, 5.74) is 0.221. The smallest absolute Gasteiger partial charge is 0.0645 e. The van der Waals surface area contributed by atoms with Crippen LogP contribution in [0.2, 0.25) is 0 Å². The molecule has 1 aliphatic heterocycles. The van der Waals surface area contributed by atoms with Gasteiger partial charge in [0.1, 0.15) is 0 Å². The van der Waals surface area contributed by atoms with Crippen molar-refractivity contribution in [3.63, 3.8) is 0 Å². The van der Waals surface area contributed by atoms with E-state index in [1.54, 1.807) is 0 Å². The van der Waals surface area contributed by atoms with E-state index in [1.165, 1.54) is 19.4 Å². The number of hydrogen-bond donors (Lipinski definition) is 0. The maximum Gasteiger partial charge on any atom is 0.0645 e. The molecule has 14 heavy (non-hydrogen) atoms. The van der Waals surface area contributed by atoms with Gasteiger partial charge in [-0.2, -0.15) is 0 Å². The lowest BCUT2D eigenvalue weighted by Crippen LogP contribution is -2.53. The van der Waals surface area contributed by atoms with Crippen molar-refractivity contribution in [1.82, 2.24) is 4.90 Å². The third-order valence-electron chi connectivity index (χ3n) is 2.88. The van der Waals surface area contributed by atoms with E-state index in [0.29, 0.717) is 0 Å². The van der Waals surface area contributed by atoms with Gasteiger partial charge in [-0.3, -0.25) is 4.90 Å². The summed E-state index contributed by atoms with van der Waals surface area (Å²) >= 11 is 5.65. The zero-order chi connectivity index (χ0) is 10.4. The Hall–Kier alpha value is 0.210. The van der Waals surface area contributed by atoms with Crippen LogP contribution in [0.1, 0.15) is 33.1 Å². The quantitative estimate of drug-likeness (QED) is 0.521. The molecule has 1 rings (SSSR count). The Morgan fingerprint density at radius 3 is 2.71 bits per heavy atom. The van der Waals surface area contributed by atoms with E-state index in [1.807, 2.05) is 0 Å². The Morgan fingerprint density at radius 2 is 2.07 bits per heavy atom. The van der Waals surface area contributed by atoms with Crippen LogP contribution in [-0.2, 0) is 4.74 Å². The molecule has 0 unspecified atom stereocenters. The average molecular weight is 220 g/mol. The SMILES string of the molecule is CC1(C)COCCN1CCCCCCl. The predicted octanol–water partition coefficient (Wildman–Crippen LogP) is 2.51. The predicted molar refractivity (Wildman–Crippen MR) is 61.0 cm³/mol. The van der Waals surface area contributed by atoms with E-state index in [4.69, 9.17) is 16.3 Å². The molecule has 1 heterocycles. The lowest BCUT2D eigenvalue weighted by Gasteiger charge is -2.42. The van der Waals surface area contributed by atoms with Crippen molar-refractivity contribution in [2.45, 2.75) is 38.6 Å². The summed E-state index contributed by atoms with van der Waals surface area (Å²) in [5, 5.41) is 0. The fourth-order valence-electron chi connectivity index (χ4n) is 1.88. The van der Waals surface area contributed by atoms with Crippen molar-refractivity contribution in [2.75, 3.05) is 32.2 Å². The van der Waals surface area contributed by atoms with Crippen LogP contribution in [0.3, 0.4) is 0 Å². The Morgan fingerprint density at radius 1 is 1.29 bits per heavy atom. The third kappa shape index (κ3) is 3.76. The van der Waals surface area contributed by atoms with Gasteiger partial charge in [-0.15, -0.1) is 11.6 Å². The van der Waals surface area contributed by atoms with Crippen LogP contribution < -0.4 is 0 Å². The summed E-state index contributed by atoms with van der Waals surface area (Å²) in [4.78, 5) is 2.53. The molecule has 84 valence electrons. The second-order valence-corrected chi connectivity index (χ2v) is 4.98. The number of halogens is 1. The fraction of sp³-hybridized carbons (Fsp3) is 1.00. The van der Waals surface area contributed by atoms with E-state index < -0.39 is 0 Å². The summed E-state index contributed by atoms with van der Waals surface area (Å²) < 4.78 is 5.48. The van der Waals surface area contributed by atoms with Crippen LogP contribution in [0.15, 0.2) is 0 Å². The molecule has 0 bridgehead atoms. The van der Waals surface area contributed by atoms with Gasteiger partial charge in [-0.25, -0.2) is 0 Å². The highest BCUT2D eigenvalue weighted by molar-refractivity contribution is 6.17. The Balaban J connectivity index is 2.20. The lowest BCUT2D eigenvalue weighted by atomic mass is 10.0. The molecule has 0 aromatic carbocycles. The van der Waals surface area contributed by atoms with Crippen LogP contribution in [-0.4, -0.2) is 42.6 Å². The van der Waals surface area contributed by atoms with Crippen LogP contribution in [0.5, 0.6) is 0 Å². The second-order valence-electron chi connectivity index (χ2n) is 4.60. The number of unbranched alkanes of at least 4 members (excludes halogenated alkanes) is 2. The molecule has 0 aromatic rings. The van der Waals surface area contributed by atoms with Crippen molar-refractivity contribution in [3.05, 3.63) is 0 Å². The Kier molecular flexibility index (Phi) is 5.21. The molecule has 0 aliphatic carbocycles. The van der Waals surface area contributed by atoms with E-state index in [-0.39, 0.29) is 5.54 Å². The molecule has 0 N–H and O–H groups in total. The molecule has 0 atom stereocenters. The molecule has 0 aromatic heterocycles. The topological polar surface area (TPSA) is 12.5 Å². The van der Waals surface area contributed by atoms with Gasteiger partial charge in [0.25, 0.3) is 0 Å². The van der Waals surface area contributed by atoms with Gasteiger partial charge in [0.2, 0.25) is 0 Å². The summed E-state index contributed by atoms with van der Waals surface area (Å²) in [6.07, 6.45) is 3.65. The van der Waals surface area contributed by atoms with Crippen molar-refractivity contribution in [2.24, 2.45) is 0 Å². The van der Waals surface area contributed by atoms with Crippen molar-refractivity contribution in [3.8, 4) is 0 Å². The fourth-order valence-corrected chi connectivity index (χ4v) is 2.07. The molecule has 0 spiro atoms. The first-order valence-corrected chi connectivity index (χ1v) is 6.09. The summed E-state index contributed by atoms with van der Waals surface area (Å²) in [5.74, 6) is 0.798. The number of ether oxygens (including phenoxy) is 1. The minimum atomic E-state index is 0.221. The average Bonchev–Trinajstić information content (AvgIpc) is 2.14. The Labute approximate surface area is 92.6 Å². The van der Waals surface area contributed by atoms with E-state index >= 15 is 0 Å². The maximum absolute atomic E-state index is 5.65. The molecule has 0 radical (unpaired) electrons. The monoisotopic (exact) mass is 219 g/mol. The minimum absolute atomic E-state index is 0.221. The van der Waals surface area contributed by atoms with Crippen LogP contribution in [0, 0.1) is 0 Å². The van der Waals surface area contributed by atoms with Gasteiger partial charge >= 0.3 is 0 Å². The maximum atomic E-state index is 5.65. The number of morpholine rings is 1. The van der Waals surface area contributed by atoms with Crippen LogP contribution in [0.4, 0.5) is 0 Å². The molecule has 2 nitrogen and oxygen atoms in total. The van der Waals surface area contributed by atoms with Gasteiger partial charge in [0.15, 0.2) is 0 Å². The molecule has 0 amide bonds. The molecule has 1 aliphatic rings. The van der Waals surface area contributed by atoms with Crippen LogP contribution in [0.25, 0.3) is 0 Å². The largest absolute Gasteiger partial charge is 0.378 e. The van der Waals surface area contributed by atoms with Crippen molar-refractivity contribution < 1.29 is 4.74 Å². The first kappa shape index (κ1) is 12.3. The van der Waals surface area contributed by atoms with Crippen molar-refractivity contribution in [1.29, 1.82) is 0 Å². The standard InChI is InChI=1S/C11H22ClNO/c1-11(2)10-14-9-8-13(11)7-5-3-4-6-12/h3-10H2,1-2H3. The molecule has 0 saturated carbocycles. The number of alkyl halides is 1. The summed E-state index contributed by atoms with van der Waals surface area (Å²) in [7, 11) is 0. The summed E-state index contributed by atoms with van der Waals surface area (Å²) in [6.45, 7) is 8.53. The zero-order valence-electron chi connectivity index (χ0n) is 9.39. The number of rotatable bonds is 5. The normalized spacial score (nSPS) is 22.5. The van der Waals surface area contributed by atoms with Crippen LogP contribution >= 0.6 is 11.6 Å². The van der Waals surface area contributed by atoms with E-state index in [9.17, 15) is 0 Å². The molecule has 1 saturated heterocycles. The molecule has 3 heteroatoms. The highest BCUT2D eigenvalue weighted by Gasteiger charge is 2.29. The molecular formula is C11H22ClNO. The van der Waals surface area contributed by atoms with Gasteiger partial charge in [-0.1, -0.05) is 6.42 Å². The number of nitrogens with zero attached hydrogens (tertiary/aromatic N) is 1. The third-order valence-corrected chi connectivity index (χ3v) is 3.15. The van der Waals surface area contributed by atoms with Gasteiger partial charge in [-0.05, 0) is 33.2 Å². The first-order chi connectivity index (χ1) is 6.67. The van der Waals surface area contributed by atoms with Gasteiger partial charge in [0.05, 0.1) is 13.2 Å². The Bertz CT molecular complexity index is 161. The first-order valence-electron chi connectivity index (χ1n) is 5.55. The van der Waals surface area contributed by atoms with Gasteiger partial charge < -0.3 is 4.74 Å². The number of hydrogen-bond acceptors (Lipinski definition) is 2. The summed E-state index contributed by atoms with van der Waals surface area (Å²) in [6, 6.07) is 0. The van der Waals surface area contributed by atoms with E-state index in [2.05, 4.69) is 18.7 Å². The molecular weight excluding hydrogens is 198 g/mol.